The number of carbonyl (C=O) groups excluding carboxylic acids is 1. The van der Waals surface area contributed by atoms with Gasteiger partial charge in [-0.15, -0.1) is 0 Å². The molecule has 1 N–H and O–H groups in total. The SMILES string of the molecule is Cc1ccc(OCCNC(=O)c2ccc(CN(c3ccc(C)c(Cl)c3)S(C)(=O)=O)cc2)cc1C. The third kappa shape index (κ3) is 6.74. The van der Waals surface area contributed by atoms with Gasteiger partial charge in [-0.2, -0.15) is 0 Å². The number of carbonyl (C=O) groups is 1. The smallest absolute Gasteiger partial charge is 0.251 e. The van der Waals surface area contributed by atoms with Crippen LogP contribution in [0.4, 0.5) is 5.69 Å². The molecule has 8 heteroatoms. The number of hydrogen-bond donors (Lipinski definition) is 1. The maximum Gasteiger partial charge on any atom is 0.251 e. The lowest BCUT2D eigenvalue weighted by atomic mass is 10.1. The molecule has 0 radical (unpaired) electrons. The van der Waals surface area contributed by atoms with Gasteiger partial charge in [0.2, 0.25) is 10.0 Å². The molecule has 0 heterocycles. The maximum atomic E-state index is 12.5. The van der Waals surface area contributed by atoms with Crippen molar-refractivity contribution in [3.05, 3.63) is 93.5 Å². The molecule has 3 aromatic rings. The highest BCUT2D eigenvalue weighted by molar-refractivity contribution is 7.92. The predicted octanol–water partition coefficient (Wildman–Crippen LogP) is 5.04. The summed E-state index contributed by atoms with van der Waals surface area (Å²) in [7, 11) is -3.53. The van der Waals surface area contributed by atoms with E-state index in [0.717, 1.165) is 28.7 Å². The molecule has 1 amide bonds. The van der Waals surface area contributed by atoms with Crippen molar-refractivity contribution in [3.8, 4) is 5.75 Å². The van der Waals surface area contributed by atoms with Gasteiger partial charge in [0.1, 0.15) is 12.4 Å². The minimum Gasteiger partial charge on any atom is -0.492 e. The zero-order chi connectivity index (χ0) is 24.9. The minimum atomic E-state index is -3.53. The molecular formula is C26H29ClN2O4S. The van der Waals surface area contributed by atoms with Gasteiger partial charge >= 0.3 is 0 Å². The molecule has 0 spiro atoms. The molecular weight excluding hydrogens is 472 g/mol. The van der Waals surface area contributed by atoms with Crippen LogP contribution in [0.25, 0.3) is 0 Å². The Kier molecular flexibility index (Phi) is 8.23. The zero-order valence-corrected chi connectivity index (χ0v) is 21.3. The molecule has 0 atom stereocenters. The van der Waals surface area contributed by atoms with Crippen LogP contribution in [0.3, 0.4) is 0 Å². The first-order valence-corrected chi connectivity index (χ1v) is 13.1. The Balaban J connectivity index is 1.58. The number of hydrogen-bond acceptors (Lipinski definition) is 4. The van der Waals surface area contributed by atoms with Crippen molar-refractivity contribution in [2.45, 2.75) is 27.3 Å². The first kappa shape index (κ1) is 25.6. The second kappa shape index (κ2) is 10.9. The summed E-state index contributed by atoms with van der Waals surface area (Å²) in [5.74, 6) is 0.549. The summed E-state index contributed by atoms with van der Waals surface area (Å²) >= 11 is 6.19. The Morgan fingerprint density at radius 3 is 2.24 bits per heavy atom. The van der Waals surface area contributed by atoms with Gasteiger partial charge in [-0.05, 0) is 79.4 Å². The fraction of sp³-hybridized carbons (Fsp3) is 0.269. The third-order valence-corrected chi connectivity index (χ3v) is 7.07. The van der Waals surface area contributed by atoms with E-state index in [9.17, 15) is 13.2 Å². The second-order valence-corrected chi connectivity index (χ2v) is 10.6. The minimum absolute atomic E-state index is 0.129. The highest BCUT2D eigenvalue weighted by atomic mass is 35.5. The van der Waals surface area contributed by atoms with Gasteiger partial charge in [-0.3, -0.25) is 9.10 Å². The molecule has 6 nitrogen and oxygen atoms in total. The molecule has 0 fully saturated rings. The number of rotatable bonds is 9. The van der Waals surface area contributed by atoms with Crippen molar-refractivity contribution < 1.29 is 17.9 Å². The number of nitrogens with one attached hydrogen (secondary N) is 1. The summed E-state index contributed by atoms with van der Waals surface area (Å²) in [6, 6.07) is 17.9. The fourth-order valence-electron chi connectivity index (χ4n) is 3.30. The number of nitrogens with zero attached hydrogens (tertiary/aromatic N) is 1. The van der Waals surface area contributed by atoms with Gasteiger partial charge in [0.25, 0.3) is 5.91 Å². The summed E-state index contributed by atoms with van der Waals surface area (Å²) in [5.41, 5.74) is 4.95. The van der Waals surface area contributed by atoms with Crippen molar-refractivity contribution in [1.29, 1.82) is 0 Å². The molecule has 180 valence electrons. The summed E-state index contributed by atoms with van der Waals surface area (Å²) < 4.78 is 31.8. The molecule has 3 aromatic carbocycles. The first-order chi connectivity index (χ1) is 16.0. The Hall–Kier alpha value is -3.03. The Labute approximate surface area is 206 Å². The largest absolute Gasteiger partial charge is 0.492 e. The molecule has 0 unspecified atom stereocenters. The first-order valence-electron chi connectivity index (χ1n) is 10.9. The average Bonchev–Trinajstić information content (AvgIpc) is 2.79. The van der Waals surface area contributed by atoms with Gasteiger partial charge in [0.05, 0.1) is 25.0 Å². The lowest BCUT2D eigenvalue weighted by Crippen LogP contribution is -2.29. The normalized spacial score (nSPS) is 11.2. The maximum absolute atomic E-state index is 12.5. The quantitative estimate of drug-likeness (QED) is 0.417. The van der Waals surface area contributed by atoms with Gasteiger partial charge in [-0.25, -0.2) is 8.42 Å². The molecule has 0 saturated carbocycles. The number of ether oxygens (including phenoxy) is 1. The van der Waals surface area contributed by atoms with E-state index in [0.29, 0.717) is 29.4 Å². The fourth-order valence-corrected chi connectivity index (χ4v) is 4.36. The van der Waals surface area contributed by atoms with Gasteiger partial charge in [-0.1, -0.05) is 35.9 Å². The third-order valence-electron chi connectivity index (χ3n) is 5.52. The van der Waals surface area contributed by atoms with E-state index in [4.69, 9.17) is 16.3 Å². The monoisotopic (exact) mass is 500 g/mol. The predicted molar refractivity (Wildman–Crippen MR) is 137 cm³/mol. The number of sulfonamides is 1. The number of anilines is 1. The highest BCUT2D eigenvalue weighted by Crippen LogP contribution is 2.26. The van der Waals surface area contributed by atoms with Gasteiger partial charge < -0.3 is 10.1 Å². The van der Waals surface area contributed by atoms with Crippen LogP contribution in [0.1, 0.15) is 32.6 Å². The average molecular weight is 501 g/mol. The van der Waals surface area contributed by atoms with Crippen LogP contribution in [0.5, 0.6) is 5.75 Å². The van der Waals surface area contributed by atoms with Crippen molar-refractivity contribution >= 4 is 33.2 Å². The Bertz CT molecular complexity index is 1270. The van der Waals surface area contributed by atoms with E-state index < -0.39 is 10.0 Å². The van der Waals surface area contributed by atoms with Crippen molar-refractivity contribution in [2.75, 3.05) is 23.7 Å². The van der Waals surface area contributed by atoms with E-state index in [1.54, 1.807) is 42.5 Å². The van der Waals surface area contributed by atoms with E-state index in [1.165, 1.54) is 9.87 Å². The van der Waals surface area contributed by atoms with E-state index in [-0.39, 0.29) is 12.5 Å². The standard InChI is InChI=1S/C26H29ClN2O4S/c1-18-6-12-24(15-20(18)3)33-14-13-28-26(30)22-9-7-21(8-10-22)17-29(34(4,31)32)23-11-5-19(2)25(27)16-23/h5-12,15-16H,13-14,17H2,1-4H3,(H,28,30). The van der Waals surface area contributed by atoms with Crippen LogP contribution in [0.2, 0.25) is 5.02 Å². The molecule has 0 saturated heterocycles. The Morgan fingerprint density at radius 2 is 1.62 bits per heavy atom. The van der Waals surface area contributed by atoms with Crippen LogP contribution in [0, 0.1) is 20.8 Å². The van der Waals surface area contributed by atoms with Crippen molar-refractivity contribution in [2.24, 2.45) is 0 Å². The molecule has 0 aliphatic rings. The van der Waals surface area contributed by atoms with Crippen LogP contribution in [-0.2, 0) is 16.6 Å². The summed E-state index contributed by atoms with van der Waals surface area (Å²) in [6.07, 6.45) is 1.16. The van der Waals surface area contributed by atoms with Crippen molar-refractivity contribution in [1.82, 2.24) is 5.32 Å². The lowest BCUT2D eigenvalue weighted by molar-refractivity contribution is 0.0947. The summed E-state index contributed by atoms with van der Waals surface area (Å²) in [4.78, 5) is 12.5. The lowest BCUT2D eigenvalue weighted by Gasteiger charge is -2.23. The summed E-state index contributed by atoms with van der Waals surface area (Å²) in [6.45, 7) is 6.78. The topological polar surface area (TPSA) is 75.7 Å². The van der Waals surface area contributed by atoms with E-state index in [1.807, 2.05) is 39.0 Å². The number of aryl methyl sites for hydroxylation is 3. The number of halogens is 1. The molecule has 0 aliphatic heterocycles. The second-order valence-electron chi connectivity index (χ2n) is 8.25. The molecule has 0 aromatic heterocycles. The van der Waals surface area contributed by atoms with Crippen LogP contribution in [0.15, 0.2) is 60.7 Å². The van der Waals surface area contributed by atoms with Crippen LogP contribution < -0.4 is 14.4 Å². The molecule has 3 rings (SSSR count). The van der Waals surface area contributed by atoms with Crippen LogP contribution in [-0.4, -0.2) is 33.7 Å². The van der Waals surface area contributed by atoms with Gasteiger partial charge in [0, 0.05) is 10.6 Å². The molecule has 34 heavy (non-hydrogen) atoms. The Morgan fingerprint density at radius 1 is 0.941 bits per heavy atom. The zero-order valence-electron chi connectivity index (χ0n) is 19.8. The molecule has 0 bridgehead atoms. The van der Waals surface area contributed by atoms with E-state index >= 15 is 0 Å². The molecule has 0 aliphatic carbocycles. The summed E-state index contributed by atoms with van der Waals surface area (Å²) in [5, 5.41) is 3.33. The van der Waals surface area contributed by atoms with Gasteiger partial charge in [0.15, 0.2) is 0 Å². The number of benzene rings is 3. The highest BCUT2D eigenvalue weighted by Gasteiger charge is 2.19. The van der Waals surface area contributed by atoms with Crippen LogP contribution >= 0.6 is 11.6 Å². The van der Waals surface area contributed by atoms with Crippen molar-refractivity contribution in [3.63, 3.8) is 0 Å². The number of amides is 1. The van der Waals surface area contributed by atoms with E-state index in [2.05, 4.69) is 5.32 Å².